The van der Waals surface area contributed by atoms with Crippen LogP contribution in [0.3, 0.4) is 0 Å². The summed E-state index contributed by atoms with van der Waals surface area (Å²) in [7, 11) is 2.21. The summed E-state index contributed by atoms with van der Waals surface area (Å²) in [6.45, 7) is 3.16. The van der Waals surface area contributed by atoms with Crippen LogP contribution >= 0.6 is 15.9 Å². The van der Waals surface area contributed by atoms with Crippen LogP contribution in [-0.4, -0.2) is 36.5 Å². The van der Waals surface area contributed by atoms with E-state index in [0.717, 1.165) is 36.1 Å². The van der Waals surface area contributed by atoms with Crippen LogP contribution in [-0.2, 0) is 0 Å². The van der Waals surface area contributed by atoms with E-state index >= 15 is 0 Å². The number of ether oxygens (including phenoxy) is 1. The quantitative estimate of drug-likeness (QED) is 0.564. The predicted molar refractivity (Wildman–Crippen MR) is 79.5 cm³/mol. The molecule has 1 aromatic rings. The average molecular weight is 312 g/mol. The third-order valence-electron chi connectivity index (χ3n) is 3.44. The Morgan fingerprint density at radius 3 is 2.67 bits per heavy atom. The fraction of sp³-hybridized carbons (Fsp3) is 0.600. The Hall–Kier alpha value is -0.540. The van der Waals surface area contributed by atoms with Gasteiger partial charge in [0.05, 0.1) is 6.61 Å². The Morgan fingerprint density at radius 1 is 1.28 bits per heavy atom. The lowest BCUT2D eigenvalue weighted by atomic mass is 9.85. The van der Waals surface area contributed by atoms with Crippen molar-refractivity contribution in [2.75, 3.05) is 26.7 Å². The molecule has 18 heavy (non-hydrogen) atoms. The summed E-state index contributed by atoms with van der Waals surface area (Å²) >= 11 is 3.64. The van der Waals surface area contributed by atoms with Crippen LogP contribution in [0.2, 0.25) is 0 Å². The maximum absolute atomic E-state index is 5.68. The molecule has 0 amide bonds. The van der Waals surface area contributed by atoms with Crippen molar-refractivity contribution in [3.8, 4) is 5.75 Å². The minimum Gasteiger partial charge on any atom is -0.494 e. The number of benzene rings is 1. The maximum Gasteiger partial charge on any atom is 0.119 e. The number of para-hydroxylation sites is 1. The Balaban J connectivity index is 1.52. The topological polar surface area (TPSA) is 12.5 Å². The Kier molecular flexibility index (Phi) is 5.51. The summed E-state index contributed by atoms with van der Waals surface area (Å²) in [4.78, 5) is 3.20. The summed E-state index contributed by atoms with van der Waals surface area (Å²) in [6, 6.07) is 10.0. The fourth-order valence-electron chi connectivity index (χ4n) is 2.38. The van der Waals surface area contributed by atoms with Crippen molar-refractivity contribution in [2.45, 2.75) is 24.1 Å². The van der Waals surface area contributed by atoms with Crippen molar-refractivity contribution in [1.82, 2.24) is 4.90 Å². The molecule has 100 valence electrons. The van der Waals surface area contributed by atoms with Gasteiger partial charge in [0.15, 0.2) is 0 Å². The molecule has 1 aliphatic rings. The Labute approximate surface area is 118 Å². The van der Waals surface area contributed by atoms with Gasteiger partial charge < -0.3 is 9.64 Å². The van der Waals surface area contributed by atoms with Gasteiger partial charge in [-0.15, -0.1) is 0 Å². The van der Waals surface area contributed by atoms with Gasteiger partial charge >= 0.3 is 0 Å². The maximum atomic E-state index is 5.68. The molecule has 0 bridgehead atoms. The van der Waals surface area contributed by atoms with Crippen LogP contribution in [0.25, 0.3) is 0 Å². The average Bonchev–Trinajstić information content (AvgIpc) is 2.34. The van der Waals surface area contributed by atoms with E-state index in [-0.39, 0.29) is 0 Å². The number of hydrogen-bond acceptors (Lipinski definition) is 2. The van der Waals surface area contributed by atoms with Crippen LogP contribution < -0.4 is 4.74 Å². The zero-order chi connectivity index (χ0) is 12.8. The molecule has 1 fully saturated rings. The minimum atomic E-state index is 0.775. The summed E-state index contributed by atoms with van der Waals surface area (Å²) < 4.78 is 5.68. The molecule has 0 spiro atoms. The van der Waals surface area contributed by atoms with E-state index in [1.807, 2.05) is 30.3 Å². The van der Waals surface area contributed by atoms with Gasteiger partial charge in [-0.3, -0.25) is 0 Å². The van der Waals surface area contributed by atoms with Crippen molar-refractivity contribution >= 4 is 15.9 Å². The molecular weight excluding hydrogens is 290 g/mol. The van der Waals surface area contributed by atoms with Crippen LogP contribution in [0.4, 0.5) is 0 Å². The highest BCUT2D eigenvalue weighted by molar-refractivity contribution is 9.09. The van der Waals surface area contributed by atoms with E-state index < -0.39 is 0 Å². The molecule has 0 atom stereocenters. The zero-order valence-corrected chi connectivity index (χ0v) is 12.6. The molecule has 0 radical (unpaired) electrons. The lowest BCUT2D eigenvalue weighted by molar-refractivity contribution is 0.198. The van der Waals surface area contributed by atoms with Gasteiger partial charge in [0.1, 0.15) is 5.75 Å². The first kappa shape index (κ1) is 13.9. The molecule has 1 saturated carbocycles. The molecule has 1 aliphatic carbocycles. The van der Waals surface area contributed by atoms with Crippen LogP contribution in [0.5, 0.6) is 5.75 Å². The van der Waals surface area contributed by atoms with Gasteiger partial charge in [0.25, 0.3) is 0 Å². The predicted octanol–water partition coefficient (Wildman–Crippen LogP) is 3.56. The van der Waals surface area contributed by atoms with E-state index in [0.29, 0.717) is 0 Å². The molecule has 3 heteroatoms. The third kappa shape index (κ3) is 4.62. The number of nitrogens with zero attached hydrogens (tertiary/aromatic N) is 1. The van der Waals surface area contributed by atoms with E-state index in [2.05, 4.69) is 27.9 Å². The highest BCUT2D eigenvalue weighted by Gasteiger charge is 2.27. The number of alkyl halides is 1. The molecule has 0 aliphatic heterocycles. The smallest absolute Gasteiger partial charge is 0.119 e. The highest BCUT2D eigenvalue weighted by Crippen LogP contribution is 2.33. The van der Waals surface area contributed by atoms with Crippen molar-refractivity contribution in [2.24, 2.45) is 5.92 Å². The largest absolute Gasteiger partial charge is 0.494 e. The molecule has 1 aromatic carbocycles. The van der Waals surface area contributed by atoms with Gasteiger partial charge in [0.2, 0.25) is 0 Å². The van der Waals surface area contributed by atoms with Crippen LogP contribution in [0, 0.1) is 5.92 Å². The molecule has 2 nitrogen and oxygen atoms in total. The second kappa shape index (κ2) is 7.15. The number of hydrogen-bond donors (Lipinski definition) is 0. The van der Waals surface area contributed by atoms with Gasteiger partial charge in [-0.05, 0) is 44.4 Å². The first-order chi connectivity index (χ1) is 8.74. The molecular formula is C15H22BrNO. The number of halogens is 1. The lowest BCUT2D eigenvalue weighted by Crippen LogP contribution is -2.35. The van der Waals surface area contributed by atoms with Gasteiger partial charge in [-0.25, -0.2) is 0 Å². The van der Waals surface area contributed by atoms with Crippen LogP contribution in [0.1, 0.15) is 19.3 Å². The Morgan fingerprint density at radius 2 is 2.00 bits per heavy atom. The van der Waals surface area contributed by atoms with Gasteiger partial charge in [0, 0.05) is 17.9 Å². The molecule has 0 aromatic heterocycles. The van der Waals surface area contributed by atoms with E-state index in [4.69, 9.17) is 4.74 Å². The van der Waals surface area contributed by atoms with E-state index in [1.165, 1.54) is 19.4 Å². The first-order valence-electron chi connectivity index (χ1n) is 6.74. The fourth-order valence-corrected chi connectivity index (χ4v) is 3.43. The summed E-state index contributed by atoms with van der Waals surface area (Å²) in [5.74, 6) is 1.87. The minimum absolute atomic E-state index is 0.775. The second-order valence-corrected chi connectivity index (χ2v) is 6.51. The Bertz CT molecular complexity index is 338. The van der Waals surface area contributed by atoms with E-state index in [9.17, 15) is 0 Å². The molecule has 0 heterocycles. The van der Waals surface area contributed by atoms with Crippen molar-refractivity contribution in [3.63, 3.8) is 0 Å². The van der Waals surface area contributed by atoms with Crippen molar-refractivity contribution in [1.29, 1.82) is 0 Å². The van der Waals surface area contributed by atoms with Gasteiger partial charge in [-0.1, -0.05) is 34.1 Å². The summed E-state index contributed by atoms with van der Waals surface area (Å²) in [5, 5.41) is 0. The van der Waals surface area contributed by atoms with E-state index in [1.54, 1.807) is 0 Å². The zero-order valence-electron chi connectivity index (χ0n) is 11.0. The molecule has 0 unspecified atom stereocenters. The first-order valence-corrected chi connectivity index (χ1v) is 7.66. The molecule has 0 saturated heterocycles. The van der Waals surface area contributed by atoms with Crippen molar-refractivity contribution < 1.29 is 4.74 Å². The second-order valence-electron chi connectivity index (χ2n) is 5.21. The lowest BCUT2D eigenvalue weighted by Gasteiger charge is -2.34. The third-order valence-corrected chi connectivity index (χ3v) is 4.19. The van der Waals surface area contributed by atoms with Crippen LogP contribution in [0.15, 0.2) is 30.3 Å². The summed E-state index contributed by atoms with van der Waals surface area (Å²) in [6.07, 6.45) is 3.77. The highest BCUT2D eigenvalue weighted by atomic mass is 79.9. The van der Waals surface area contributed by atoms with Crippen molar-refractivity contribution in [3.05, 3.63) is 30.3 Å². The monoisotopic (exact) mass is 311 g/mol. The summed E-state index contributed by atoms with van der Waals surface area (Å²) in [5.41, 5.74) is 0. The normalized spacial score (nSPS) is 22.8. The molecule has 0 N–H and O–H groups in total. The standard InChI is InChI=1S/C15H22BrNO/c1-17(12-13-10-14(16)11-13)8-5-9-18-15-6-3-2-4-7-15/h2-4,6-7,13-14H,5,8-12H2,1H3. The number of rotatable bonds is 7. The molecule has 2 rings (SSSR count). The SMILES string of the molecule is CN(CCCOc1ccccc1)CC1CC(Br)C1. The van der Waals surface area contributed by atoms with Gasteiger partial charge in [-0.2, -0.15) is 0 Å².